The van der Waals surface area contributed by atoms with Gasteiger partial charge in [-0.05, 0) is 105 Å². The van der Waals surface area contributed by atoms with Crippen LogP contribution in [0.15, 0.2) is 17.5 Å². The number of piperidine rings is 2. The number of nitrogens with one attached hydrogen (secondary N) is 3. The molecule has 3 rings (SSSR count). The van der Waals surface area contributed by atoms with Gasteiger partial charge in [0.2, 0.25) is 0 Å². The van der Waals surface area contributed by atoms with Gasteiger partial charge in [-0.3, -0.25) is 0 Å². The molecule has 0 amide bonds. The van der Waals surface area contributed by atoms with E-state index in [4.69, 9.17) is 12.2 Å². The number of hydrogen-bond donors (Lipinski definition) is 3. The molecular formula is C24H42N4S2. The van der Waals surface area contributed by atoms with Crippen molar-refractivity contribution in [3.63, 3.8) is 0 Å². The summed E-state index contributed by atoms with van der Waals surface area (Å²) in [6.45, 7) is 19.4. The second kappa shape index (κ2) is 8.34. The molecule has 30 heavy (non-hydrogen) atoms. The SMILES string of the molecule is CC1(C)CC(NC(=S)N(Cc2cccs2)C2CC(C)(C)NC(C)(C)C2)CC(C)(C)N1. The predicted molar refractivity (Wildman–Crippen MR) is 134 cm³/mol. The lowest BCUT2D eigenvalue weighted by atomic mass is 9.79. The van der Waals surface area contributed by atoms with E-state index in [-0.39, 0.29) is 22.2 Å². The van der Waals surface area contributed by atoms with Crippen molar-refractivity contribution < 1.29 is 0 Å². The van der Waals surface area contributed by atoms with Crippen LogP contribution in [0.3, 0.4) is 0 Å². The maximum Gasteiger partial charge on any atom is 0.169 e. The molecule has 6 heteroatoms. The van der Waals surface area contributed by atoms with Crippen LogP contribution in [0.2, 0.25) is 0 Å². The highest BCUT2D eigenvalue weighted by Crippen LogP contribution is 2.34. The molecule has 170 valence electrons. The first-order valence-corrected chi connectivity index (χ1v) is 12.6. The Balaban J connectivity index is 1.80. The second-order valence-corrected chi connectivity index (χ2v) is 13.5. The summed E-state index contributed by atoms with van der Waals surface area (Å²) < 4.78 is 0. The zero-order valence-corrected chi connectivity index (χ0v) is 21.8. The smallest absolute Gasteiger partial charge is 0.169 e. The Kier molecular flexibility index (Phi) is 6.66. The first kappa shape index (κ1) is 24.0. The lowest BCUT2D eigenvalue weighted by Gasteiger charge is -2.51. The monoisotopic (exact) mass is 450 g/mol. The maximum absolute atomic E-state index is 6.09. The number of thiocarbonyl (C=S) groups is 1. The highest BCUT2D eigenvalue weighted by Gasteiger charge is 2.42. The van der Waals surface area contributed by atoms with Crippen LogP contribution in [-0.4, -0.2) is 44.3 Å². The first-order chi connectivity index (χ1) is 13.7. The van der Waals surface area contributed by atoms with Gasteiger partial charge in [0.1, 0.15) is 0 Å². The van der Waals surface area contributed by atoms with E-state index in [1.54, 1.807) is 0 Å². The summed E-state index contributed by atoms with van der Waals surface area (Å²) in [5.74, 6) is 0. The third-order valence-corrected chi connectivity index (χ3v) is 7.51. The minimum Gasteiger partial charge on any atom is -0.360 e. The molecular weight excluding hydrogens is 408 g/mol. The highest BCUT2D eigenvalue weighted by molar-refractivity contribution is 7.80. The summed E-state index contributed by atoms with van der Waals surface area (Å²) >= 11 is 7.91. The van der Waals surface area contributed by atoms with Gasteiger partial charge in [-0.15, -0.1) is 11.3 Å². The van der Waals surface area contributed by atoms with E-state index >= 15 is 0 Å². The van der Waals surface area contributed by atoms with E-state index in [0.717, 1.165) is 37.3 Å². The molecule has 0 aliphatic carbocycles. The van der Waals surface area contributed by atoms with Gasteiger partial charge in [-0.2, -0.15) is 0 Å². The Morgan fingerprint density at radius 1 is 0.967 bits per heavy atom. The molecule has 1 aromatic heterocycles. The molecule has 0 saturated carbocycles. The zero-order chi connectivity index (χ0) is 22.4. The fourth-order valence-electron chi connectivity index (χ4n) is 6.11. The van der Waals surface area contributed by atoms with E-state index < -0.39 is 0 Å². The lowest BCUT2D eigenvalue weighted by Crippen LogP contribution is -2.65. The minimum atomic E-state index is 0.0917. The summed E-state index contributed by atoms with van der Waals surface area (Å²) in [5, 5.41) is 14.5. The van der Waals surface area contributed by atoms with Crippen molar-refractivity contribution in [1.82, 2.24) is 20.9 Å². The summed E-state index contributed by atoms with van der Waals surface area (Å²) in [6.07, 6.45) is 4.33. The Bertz CT molecular complexity index is 704. The van der Waals surface area contributed by atoms with Crippen molar-refractivity contribution in [2.45, 2.75) is 122 Å². The largest absolute Gasteiger partial charge is 0.360 e. The maximum atomic E-state index is 6.09. The van der Waals surface area contributed by atoms with Crippen LogP contribution in [-0.2, 0) is 6.54 Å². The Labute approximate surface area is 193 Å². The molecule has 0 atom stereocenters. The van der Waals surface area contributed by atoms with Crippen molar-refractivity contribution in [2.24, 2.45) is 0 Å². The van der Waals surface area contributed by atoms with Gasteiger partial charge in [-0.25, -0.2) is 0 Å². The van der Waals surface area contributed by atoms with Crippen molar-refractivity contribution in [3.8, 4) is 0 Å². The first-order valence-electron chi connectivity index (χ1n) is 11.3. The molecule has 0 spiro atoms. The van der Waals surface area contributed by atoms with Gasteiger partial charge in [0.15, 0.2) is 5.11 Å². The summed E-state index contributed by atoms with van der Waals surface area (Å²) in [6, 6.07) is 5.18. The lowest BCUT2D eigenvalue weighted by molar-refractivity contribution is 0.0976. The van der Waals surface area contributed by atoms with Crippen LogP contribution in [0.25, 0.3) is 0 Å². The molecule has 0 unspecified atom stereocenters. The van der Waals surface area contributed by atoms with Gasteiger partial charge in [-0.1, -0.05) is 6.07 Å². The van der Waals surface area contributed by atoms with Crippen molar-refractivity contribution >= 4 is 28.7 Å². The highest BCUT2D eigenvalue weighted by atomic mass is 32.1. The molecule has 2 aliphatic heterocycles. The van der Waals surface area contributed by atoms with Gasteiger partial charge in [0.25, 0.3) is 0 Å². The van der Waals surface area contributed by atoms with Crippen LogP contribution in [0.5, 0.6) is 0 Å². The van der Waals surface area contributed by atoms with Crippen molar-refractivity contribution in [2.75, 3.05) is 0 Å². The summed E-state index contributed by atoms with van der Waals surface area (Å²) in [7, 11) is 0. The normalized spacial score (nSPS) is 25.6. The van der Waals surface area contributed by atoms with E-state index in [0.29, 0.717) is 12.1 Å². The molecule has 3 N–H and O–H groups in total. The molecule has 2 fully saturated rings. The van der Waals surface area contributed by atoms with Crippen molar-refractivity contribution in [3.05, 3.63) is 22.4 Å². The van der Waals surface area contributed by atoms with E-state index in [1.165, 1.54) is 4.88 Å². The Morgan fingerprint density at radius 2 is 1.47 bits per heavy atom. The van der Waals surface area contributed by atoms with Crippen LogP contribution in [0.4, 0.5) is 0 Å². The van der Waals surface area contributed by atoms with Crippen LogP contribution < -0.4 is 16.0 Å². The van der Waals surface area contributed by atoms with Gasteiger partial charge >= 0.3 is 0 Å². The van der Waals surface area contributed by atoms with Crippen LogP contribution in [0.1, 0.15) is 86.0 Å². The van der Waals surface area contributed by atoms with Crippen LogP contribution >= 0.6 is 23.6 Å². The van der Waals surface area contributed by atoms with Crippen molar-refractivity contribution in [1.29, 1.82) is 0 Å². The van der Waals surface area contributed by atoms with Crippen LogP contribution in [0, 0.1) is 0 Å². The third kappa shape index (κ3) is 6.41. The molecule has 0 aromatic carbocycles. The topological polar surface area (TPSA) is 39.3 Å². The number of nitrogens with zero attached hydrogens (tertiary/aromatic N) is 1. The van der Waals surface area contributed by atoms with E-state index in [1.807, 2.05) is 11.3 Å². The molecule has 4 nitrogen and oxygen atoms in total. The van der Waals surface area contributed by atoms with Gasteiger partial charge in [0, 0.05) is 39.1 Å². The Morgan fingerprint density at radius 3 is 1.93 bits per heavy atom. The van der Waals surface area contributed by atoms with E-state index in [9.17, 15) is 0 Å². The molecule has 1 aromatic rings. The van der Waals surface area contributed by atoms with Gasteiger partial charge in [0.05, 0.1) is 6.54 Å². The number of hydrogen-bond acceptors (Lipinski definition) is 4. The number of thiophene rings is 1. The molecule has 0 radical (unpaired) electrons. The standard InChI is InChI=1S/C24H42N4S2/c1-21(2)12-17(13-22(3,4)26-21)25-20(29)28(16-19-10-9-11-30-19)18-14-23(5,6)27-24(7,8)15-18/h9-11,17-18,26-27H,12-16H2,1-8H3,(H,25,29). The molecule has 3 heterocycles. The number of rotatable bonds is 4. The average molecular weight is 451 g/mol. The predicted octanol–water partition coefficient (Wildman–Crippen LogP) is 5.04. The summed E-state index contributed by atoms with van der Waals surface area (Å²) in [4.78, 5) is 3.85. The zero-order valence-electron chi connectivity index (χ0n) is 20.2. The minimum absolute atomic E-state index is 0.0917. The second-order valence-electron chi connectivity index (χ2n) is 12.1. The van der Waals surface area contributed by atoms with Gasteiger partial charge < -0.3 is 20.9 Å². The fourth-order valence-corrected chi connectivity index (χ4v) is 7.19. The Hall–Kier alpha value is -0.690. The summed E-state index contributed by atoms with van der Waals surface area (Å²) in [5.41, 5.74) is 0.391. The quantitative estimate of drug-likeness (QED) is 0.560. The third-order valence-electron chi connectivity index (χ3n) is 6.29. The molecule has 0 bridgehead atoms. The molecule has 2 saturated heterocycles. The molecule has 2 aliphatic rings. The average Bonchev–Trinajstić information content (AvgIpc) is 2.98. The fraction of sp³-hybridized carbons (Fsp3) is 0.792. The van der Waals surface area contributed by atoms with E-state index in [2.05, 4.69) is 93.8 Å².